The van der Waals surface area contributed by atoms with Crippen molar-refractivity contribution in [1.82, 2.24) is 10.3 Å². The molecule has 0 bridgehead atoms. The van der Waals surface area contributed by atoms with Crippen LogP contribution in [0, 0.1) is 6.92 Å². The fourth-order valence-corrected chi connectivity index (χ4v) is 2.57. The van der Waals surface area contributed by atoms with E-state index in [9.17, 15) is 0 Å². The molecule has 3 rings (SSSR count). The predicted molar refractivity (Wildman–Crippen MR) is 89.4 cm³/mol. The van der Waals surface area contributed by atoms with Gasteiger partial charge in [0.25, 0.3) is 0 Å². The fraction of sp³-hybridized carbons (Fsp3) is 0.211. The van der Waals surface area contributed by atoms with E-state index in [0.29, 0.717) is 12.5 Å². The number of hydrogen-bond donors (Lipinski definition) is 1. The summed E-state index contributed by atoms with van der Waals surface area (Å²) in [6.45, 7) is 2.22. The Labute approximate surface area is 136 Å². The molecule has 0 saturated carbocycles. The average Bonchev–Trinajstić information content (AvgIpc) is 3.01. The van der Waals surface area contributed by atoms with Crippen LogP contribution in [0.2, 0.25) is 0 Å². The van der Waals surface area contributed by atoms with Crippen LogP contribution in [0.1, 0.15) is 28.8 Å². The van der Waals surface area contributed by atoms with Crippen molar-refractivity contribution in [3.63, 3.8) is 0 Å². The van der Waals surface area contributed by atoms with Crippen LogP contribution in [0.5, 0.6) is 5.75 Å². The Bertz CT molecular complexity index is 753. The van der Waals surface area contributed by atoms with Crippen LogP contribution >= 0.6 is 0 Å². The Morgan fingerprint density at radius 1 is 1.09 bits per heavy atom. The second-order valence-electron chi connectivity index (χ2n) is 5.38. The highest BCUT2D eigenvalue weighted by Crippen LogP contribution is 2.25. The standard InChI is InChI=1S/C19H20N2O2/c1-14-12-23-18(21-14)13-22-17-10-6-9-16(11-17)19(20-2)15-7-4-3-5-8-15/h3-12,19-20H,13H2,1-2H3/t19-/m0/s1. The van der Waals surface area contributed by atoms with Gasteiger partial charge in [-0.1, -0.05) is 42.5 Å². The van der Waals surface area contributed by atoms with Gasteiger partial charge in [0, 0.05) is 0 Å². The summed E-state index contributed by atoms with van der Waals surface area (Å²) in [7, 11) is 1.96. The summed E-state index contributed by atoms with van der Waals surface area (Å²) < 4.78 is 11.1. The van der Waals surface area contributed by atoms with E-state index < -0.39 is 0 Å². The Balaban J connectivity index is 1.76. The molecule has 0 aliphatic heterocycles. The van der Waals surface area contributed by atoms with Crippen LogP contribution in [0.4, 0.5) is 0 Å². The van der Waals surface area contributed by atoms with Crippen LogP contribution in [0.15, 0.2) is 65.3 Å². The van der Waals surface area contributed by atoms with E-state index in [-0.39, 0.29) is 6.04 Å². The van der Waals surface area contributed by atoms with Crippen LogP contribution < -0.4 is 10.1 Å². The Morgan fingerprint density at radius 3 is 2.57 bits per heavy atom. The minimum absolute atomic E-state index is 0.128. The number of benzene rings is 2. The van der Waals surface area contributed by atoms with E-state index >= 15 is 0 Å². The summed E-state index contributed by atoms with van der Waals surface area (Å²) >= 11 is 0. The largest absolute Gasteiger partial charge is 0.484 e. The van der Waals surface area contributed by atoms with E-state index in [1.165, 1.54) is 5.56 Å². The third kappa shape index (κ3) is 3.79. The topological polar surface area (TPSA) is 47.3 Å². The van der Waals surface area contributed by atoms with Gasteiger partial charge in [0.1, 0.15) is 12.0 Å². The van der Waals surface area contributed by atoms with E-state index in [1.807, 2.05) is 50.4 Å². The first-order chi connectivity index (χ1) is 11.3. The highest BCUT2D eigenvalue weighted by Gasteiger charge is 2.12. The van der Waals surface area contributed by atoms with Gasteiger partial charge in [-0.05, 0) is 37.2 Å². The molecule has 2 aromatic carbocycles. The second-order valence-corrected chi connectivity index (χ2v) is 5.38. The minimum Gasteiger partial charge on any atom is -0.484 e. The maximum absolute atomic E-state index is 5.79. The van der Waals surface area contributed by atoms with Gasteiger partial charge in [0.2, 0.25) is 5.89 Å². The number of hydrogen-bond acceptors (Lipinski definition) is 4. The van der Waals surface area contributed by atoms with Crippen molar-refractivity contribution in [2.45, 2.75) is 19.6 Å². The lowest BCUT2D eigenvalue weighted by Gasteiger charge is -2.18. The van der Waals surface area contributed by atoms with Crippen LogP contribution in [0.3, 0.4) is 0 Å². The van der Waals surface area contributed by atoms with Gasteiger partial charge in [0.15, 0.2) is 6.61 Å². The van der Waals surface area contributed by atoms with Gasteiger partial charge in [-0.2, -0.15) is 0 Å². The molecule has 4 heteroatoms. The molecule has 1 N–H and O–H groups in total. The maximum atomic E-state index is 5.79. The van der Waals surface area contributed by atoms with Crippen molar-refractivity contribution in [1.29, 1.82) is 0 Å². The maximum Gasteiger partial charge on any atom is 0.232 e. The number of rotatable bonds is 6. The number of aromatic nitrogens is 1. The molecule has 0 radical (unpaired) electrons. The first-order valence-electron chi connectivity index (χ1n) is 7.62. The smallest absolute Gasteiger partial charge is 0.232 e. The molecule has 1 heterocycles. The molecule has 0 aliphatic carbocycles. The highest BCUT2D eigenvalue weighted by molar-refractivity contribution is 5.36. The Hall–Kier alpha value is -2.59. The molecule has 3 aromatic rings. The summed E-state index contributed by atoms with van der Waals surface area (Å²) in [5, 5.41) is 3.35. The zero-order valence-corrected chi connectivity index (χ0v) is 13.3. The number of nitrogens with zero attached hydrogens (tertiary/aromatic N) is 1. The summed E-state index contributed by atoms with van der Waals surface area (Å²) in [6.07, 6.45) is 1.63. The summed E-state index contributed by atoms with van der Waals surface area (Å²) in [5.74, 6) is 1.38. The molecule has 4 nitrogen and oxygen atoms in total. The number of ether oxygens (including phenoxy) is 1. The fourth-order valence-electron chi connectivity index (χ4n) is 2.57. The first-order valence-corrected chi connectivity index (χ1v) is 7.62. The van der Waals surface area contributed by atoms with E-state index in [4.69, 9.17) is 9.15 Å². The number of oxazole rings is 1. The van der Waals surface area contributed by atoms with Crippen molar-refractivity contribution in [2.75, 3.05) is 7.05 Å². The molecule has 1 aromatic heterocycles. The zero-order chi connectivity index (χ0) is 16.1. The van der Waals surface area contributed by atoms with Crippen LogP contribution in [-0.2, 0) is 6.61 Å². The second kappa shape index (κ2) is 7.11. The first kappa shape index (κ1) is 15.3. The van der Waals surface area contributed by atoms with Gasteiger partial charge in [-0.3, -0.25) is 0 Å². The minimum atomic E-state index is 0.128. The van der Waals surface area contributed by atoms with Gasteiger partial charge in [0.05, 0.1) is 11.7 Å². The normalized spacial score (nSPS) is 12.1. The summed E-state index contributed by atoms with van der Waals surface area (Å²) in [5.41, 5.74) is 3.23. The zero-order valence-electron chi connectivity index (χ0n) is 13.3. The number of aryl methyl sites for hydroxylation is 1. The monoisotopic (exact) mass is 308 g/mol. The lowest BCUT2D eigenvalue weighted by molar-refractivity contribution is 0.262. The Kier molecular flexibility index (Phi) is 4.74. The van der Waals surface area contributed by atoms with E-state index in [0.717, 1.165) is 17.0 Å². The molecule has 0 saturated heterocycles. The van der Waals surface area contributed by atoms with Crippen molar-refractivity contribution in [2.24, 2.45) is 0 Å². The molecular formula is C19H20N2O2. The molecule has 1 atom stereocenters. The third-order valence-corrected chi connectivity index (χ3v) is 3.64. The van der Waals surface area contributed by atoms with Crippen molar-refractivity contribution in [3.05, 3.63) is 83.6 Å². The Morgan fingerprint density at radius 2 is 1.87 bits per heavy atom. The van der Waals surface area contributed by atoms with E-state index in [1.54, 1.807) is 6.26 Å². The molecule has 118 valence electrons. The molecule has 0 spiro atoms. The third-order valence-electron chi connectivity index (χ3n) is 3.64. The number of nitrogens with one attached hydrogen (secondary N) is 1. The van der Waals surface area contributed by atoms with Gasteiger partial charge < -0.3 is 14.5 Å². The molecule has 0 fully saturated rings. The molecule has 0 aliphatic rings. The van der Waals surface area contributed by atoms with Gasteiger partial charge in [-0.25, -0.2) is 4.98 Å². The quantitative estimate of drug-likeness (QED) is 0.751. The molecular weight excluding hydrogens is 288 g/mol. The molecule has 23 heavy (non-hydrogen) atoms. The van der Waals surface area contributed by atoms with Crippen LogP contribution in [0.25, 0.3) is 0 Å². The van der Waals surface area contributed by atoms with Crippen molar-refractivity contribution >= 4 is 0 Å². The van der Waals surface area contributed by atoms with Gasteiger partial charge in [-0.15, -0.1) is 0 Å². The van der Waals surface area contributed by atoms with Gasteiger partial charge >= 0.3 is 0 Å². The summed E-state index contributed by atoms with van der Waals surface area (Å²) in [4.78, 5) is 4.24. The summed E-state index contributed by atoms with van der Waals surface area (Å²) in [6, 6.07) is 18.6. The van der Waals surface area contributed by atoms with Crippen molar-refractivity contribution in [3.8, 4) is 5.75 Å². The highest BCUT2D eigenvalue weighted by atomic mass is 16.5. The molecule has 0 amide bonds. The average molecular weight is 308 g/mol. The molecule has 0 unspecified atom stereocenters. The predicted octanol–water partition coefficient (Wildman–Crippen LogP) is 3.87. The SMILES string of the molecule is CN[C@@H](c1ccccc1)c1cccc(OCc2nc(C)co2)c1. The lowest BCUT2D eigenvalue weighted by atomic mass is 9.99. The van der Waals surface area contributed by atoms with Crippen molar-refractivity contribution < 1.29 is 9.15 Å². The van der Waals surface area contributed by atoms with E-state index in [2.05, 4.69) is 28.5 Å². The lowest BCUT2D eigenvalue weighted by Crippen LogP contribution is -2.17. The van der Waals surface area contributed by atoms with Crippen LogP contribution in [-0.4, -0.2) is 12.0 Å².